The molecule has 24 heavy (non-hydrogen) atoms. The van der Waals surface area contributed by atoms with Crippen molar-refractivity contribution < 1.29 is 14.6 Å². The molecule has 126 valence electrons. The molecule has 1 heterocycles. The second-order valence-electron chi connectivity index (χ2n) is 6.09. The van der Waals surface area contributed by atoms with Crippen LogP contribution in [0.25, 0.3) is 11.1 Å². The molecule has 1 atom stereocenters. The maximum absolute atomic E-state index is 12.5. The number of para-hydroxylation sites is 1. The van der Waals surface area contributed by atoms with Crippen LogP contribution < -0.4 is 4.90 Å². The first kappa shape index (κ1) is 16.3. The first-order valence-corrected chi connectivity index (χ1v) is 8.09. The van der Waals surface area contributed by atoms with Crippen LogP contribution in [0.5, 0.6) is 5.75 Å². The zero-order valence-corrected chi connectivity index (χ0v) is 14.0. The van der Waals surface area contributed by atoms with Crippen molar-refractivity contribution in [2.24, 2.45) is 0 Å². The molecule has 0 radical (unpaired) electrons. The molecule has 2 aromatic rings. The molecule has 5 heteroatoms. The van der Waals surface area contributed by atoms with Crippen LogP contribution >= 0.6 is 0 Å². The molecule has 5 nitrogen and oxygen atoms in total. The third-order valence-corrected chi connectivity index (χ3v) is 4.39. The quantitative estimate of drug-likeness (QED) is 0.935. The third kappa shape index (κ3) is 3.36. The van der Waals surface area contributed by atoms with Crippen LogP contribution in [0, 0.1) is 0 Å². The van der Waals surface area contributed by atoms with E-state index in [1.54, 1.807) is 25.2 Å². The van der Waals surface area contributed by atoms with Crippen LogP contribution in [0.1, 0.15) is 12.8 Å². The number of nitrogens with zero attached hydrogens (tertiary/aromatic N) is 2. The van der Waals surface area contributed by atoms with E-state index in [2.05, 4.69) is 0 Å². The van der Waals surface area contributed by atoms with Crippen molar-refractivity contribution >= 4 is 11.8 Å². The summed E-state index contributed by atoms with van der Waals surface area (Å²) in [5, 5.41) is 9.72. The van der Waals surface area contributed by atoms with Gasteiger partial charge in [0.05, 0.1) is 5.69 Å². The average Bonchev–Trinajstić information content (AvgIpc) is 2.99. The van der Waals surface area contributed by atoms with Gasteiger partial charge in [-0.1, -0.05) is 30.3 Å². The normalized spacial score (nSPS) is 17.7. The van der Waals surface area contributed by atoms with Gasteiger partial charge in [-0.3, -0.25) is 9.80 Å². The highest BCUT2D eigenvalue weighted by molar-refractivity contribution is 5.93. The molecular formula is C19H22N2O3. The van der Waals surface area contributed by atoms with Crippen molar-refractivity contribution in [3.05, 3.63) is 48.5 Å². The van der Waals surface area contributed by atoms with Gasteiger partial charge in [-0.2, -0.15) is 0 Å². The molecule has 2 aromatic carbocycles. The zero-order valence-electron chi connectivity index (χ0n) is 14.0. The zero-order chi connectivity index (χ0) is 17.1. The lowest BCUT2D eigenvalue weighted by Crippen LogP contribution is -2.36. The lowest BCUT2D eigenvalue weighted by molar-refractivity contribution is 0.0315. The van der Waals surface area contributed by atoms with Gasteiger partial charge in [0.2, 0.25) is 0 Å². The number of hydrogen-bond donors (Lipinski definition) is 1. The van der Waals surface area contributed by atoms with E-state index >= 15 is 0 Å². The molecule has 0 aliphatic carbocycles. The Kier molecular flexibility index (Phi) is 4.71. The summed E-state index contributed by atoms with van der Waals surface area (Å²) < 4.78 is 5.62. The number of benzene rings is 2. The van der Waals surface area contributed by atoms with Crippen LogP contribution in [0.3, 0.4) is 0 Å². The summed E-state index contributed by atoms with van der Waals surface area (Å²) in [6, 6.07) is 14.6. The number of anilines is 1. The van der Waals surface area contributed by atoms with Crippen molar-refractivity contribution in [2.75, 3.05) is 25.5 Å². The van der Waals surface area contributed by atoms with E-state index in [4.69, 9.17) is 4.74 Å². The van der Waals surface area contributed by atoms with Gasteiger partial charge in [-0.25, -0.2) is 4.79 Å². The lowest BCUT2D eigenvalue weighted by atomic mass is 10.0. The maximum Gasteiger partial charge on any atom is 0.415 e. The van der Waals surface area contributed by atoms with Crippen molar-refractivity contribution in [2.45, 2.75) is 19.1 Å². The number of carbonyl (C=O) groups excluding carboxylic acids is 1. The summed E-state index contributed by atoms with van der Waals surface area (Å²) in [4.78, 5) is 16.1. The fraction of sp³-hybridized carbons (Fsp3) is 0.316. The van der Waals surface area contributed by atoms with Gasteiger partial charge in [0, 0.05) is 19.2 Å². The van der Waals surface area contributed by atoms with E-state index in [1.807, 2.05) is 42.3 Å². The van der Waals surface area contributed by atoms with E-state index in [-0.39, 0.29) is 18.1 Å². The Hall–Kier alpha value is -2.53. The molecule has 0 unspecified atom stereocenters. The maximum atomic E-state index is 12.5. The minimum atomic E-state index is -0.374. The Bertz CT molecular complexity index is 732. The van der Waals surface area contributed by atoms with Gasteiger partial charge < -0.3 is 9.84 Å². The summed E-state index contributed by atoms with van der Waals surface area (Å²) in [5.74, 6) is 0.195. The van der Waals surface area contributed by atoms with Gasteiger partial charge in [0.25, 0.3) is 0 Å². The summed E-state index contributed by atoms with van der Waals surface area (Å²) in [6.45, 7) is 0.946. The average molecular weight is 326 g/mol. The minimum absolute atomic E-state index is 0.159. The van der Waals surface area contributed by atoms with Crippen molar-refractivity contribution in [3.63, 3.8) is 0 Å². The molecular weight excluding hydrogens is 304 g/mol. The SMILES string of the molecule is CN(C(=O)O[C@H]1CCCN1C)c1ccccc1-c1cccc(O)c1. The fourth-order valence-corrected chi connectivity index (χ4v) is 3.01. The monoisotopic (exact) mass is 326 g/mol. The molecule has 1 amide bonds. The van der Waals surface area contributed by atoms with Crippen molar-refractivity contribution in [1.29, 1.82) is 0 Å². The number of carbonyl (C=O) groups is 1. The standard InChI is InChI=1S/C19H22N2O3/c1-20-12-6-11-18(20)24-19(23)21(2)17-10-4-3-9-16(17)14-7-5-8-15(22)13-14/h3-5,7-10,13,18,22H,6,11-12H2,1-2H3/t18-/m0/s1. The molecule has 1 saturated heterocycles. The summed E-state index contributed by atoms with van der Waals surface area (Å²) in [5.41, 5.74) is 2.46. The van der Waals surface area contributed by atoms with Crippen molar-refractivity contribution in [1.82, 2.24) is 4.90 Å². The second-order valence-corrected chi connectivity index (χ2v) is 6.09. The van der Waals surface area contributed by atoms with Gasteiger partial charge in [-0.15, -0.1) is 0 Å². The first-order chi connectivity index (χ1) is 11.6. The smallest absolute Gasteiger partial charge is 0.415 e. The number of ether oxygens (including phenoxy) is 1. The molecule has 0 spiro atoms. The summed E-state index contributed by atoms with van der Waals surface area (Å²) in [6.07, 6.45) is 1.37. The second kappa shape index (κ2) is 6.93. The van der Waals surface area contributed by atoms with Gasteiger partial charge in [-0.05, 0) is 43.7 Å². The number of amides is 1. The van der Waals surface area contributed by atoms with Crippen LogP contribution in [0.2, 0.25) is 0 Å². The first-order valence-electron chi connectivity index (χ1n) is 8.09. The highest BCUT2D eigenvalue weighted by atomic mass is 16.6. The van der Waals surface area contributed by atoms with E-state index in [0.717, 1.165) is 36.2 Å². The van der Waals surface area contributed by atoms with Gasteiger partial charge >= 0.3 is 6.09 Å². The lowest BCUT2D eigenvalue weighted by Gasteiger charge is -2.25. The molecule has 3 rings (SSSR count). The third-order valence-electron chi connectivity index (χ3n) is 4.39. The van der Waals surface area contributed by atoms with E-state index in [9.17, 15) is 9.90 Å². The van der Waals surface area contributed by atoms with Crippen LogP contribution in [0.15, 0.2) is 48.5 Å². The summed E-state index contributed by atoms with van der Waals surface area (Å²) in [7, 11) is 3.67. The molecule has 0 saturated carbocycles. The fourth-order valence-electron chi connectivity index (χ4n) is 3.01. The molecule has 1 N–H and O–H groups in total. The number of hydrogen-bond acceptors (Lipinski definition) is 4. The Balaban J connectivity index is 1.85. The van der Waals surface area contributed by atoms with Gasteiger partial charge in [0.1, 0.15) is 5.75 Å². The van der Waals surface area contributed by atoms with Crippen LogP contribution in [0.4, 0.5) is 10.5 Å². The van der Waals surface area contributed by atoms with E-state index in [1.165, 1.54) is 4.90 Å². The molecule has 1 aliphatic rings. The largest absolute Gasteiger partial charge is 0.508 e. The molecule has 0 aromatic heterocycles. The van der Waals surface area contributed by atoms with E-state index in [0.29, 0.717) is 0 Å². The minimum Gasteiger partial charge on any atom is -0.508 e. The predicted octanol–water partition coefficient (Wildman–Crippen LogP) is 3.68. The summed E-state index contributed by atoms with van der Waals surface area (Å²) >= 11 is 0. The van der Waals surface area contributed by atoms with Crippen molar-refractivity contribution in [3.8, 4) is 16.9 Å². The Labute approximate surface area is 142 Å². The Morgan fingerprint density at radius 3 is 2.75 bits per heavy atom. The Morgan fingerprint density at radius 2 is 2.04 bits per heavy atom. The molecule has 1 fully saturated rings. The number of phenolic OH excluding ortho intramolecular Hbond substituents is 1. The predicted molar refractivity (Wildman–Crippen MR) is 94.1 cm³/mol. The van der Waals surface area contributed by atoms with Gasteiger partial charge in [0.15, 0.2) is 6.23 Å². The highest BCUT2D eigenvalue weighted by Gasteiger charge is 2.27. The Morgan fingerprint density at radius 1 is 1.25 bits per heavy atom. The molecule has 1 aliphatic heterocycles. The van der Waals surface area contributed by atoms with Crippen LogP contribution in [-0.2, 0) is 4.74 Å². The van der Waals surface area contributed by atoms with E-state index < -0.39 is 0 Å². The number of aromatic hydroxyl groups is 1. The highest BCUT2D eigenvalue weighted by Crippen LogP contribution is 2.32. The molecule has 0 bridgehead atoms. The number of phenols is 1. The topological polar surface area (TPSA) is 53.0 Å². The van der Waals surface area contributed by atoms with Crippen LogP contribution in [-0.4, -0.2) is 43.0 Å². The number of likely N-dealkylation sites (tertiary alicyclic amines) is 1. The number of rotatable bonds is 3.